The second kappa shape index (κ2) is 5.97. The van der Waals surface area contributed by atoms with Crippen LogP contribution in [0.5, 0.6) is 0 Å². The first-order valence-electron chi connectivity index (χ1n) is 8.01. The van der Waals surface area contributed by atoms with Crippen LogP contribution in [-0.2, 0) is 9.59 Å². The molecule has 2 aromatic rings. The number of fused-ring (bicyclic) bond motifs is 1. The molecule has 1 aromatic carbocycles. The molecule has 1 atom stereocenters. The summed E-state index contributed by atoms with van der Waals surface area (Å²) in [6, 6.07) is 6.67. The molecule has 126 valence electrons. The zero-order valence-corrected chi connectivity index (χ0v) is 14.9. The highest BCUT2D eigenvalue weighted by molar-refractivity contribution is 6.36. The molecule has 4 nitrogen and oxygen atoms in total. The number of hydrogen-bond donors (Lipinski definition) is 0. The first-order chi connectivity index (χ1) is 12.0. The summed E-state index contributed by atoms with van der Waals surface area (Å²) in [6.45, 7) is 1.78. The molecule has 1 aliphatic heterocycles. The fourth-order valence-corrected chi connectivity index (χ4v) is 3.92. The van der Waals surface area contributed by atoms with E-state index in [9.17, 15) is 9.59 Å². The maximum atomic E-state index is 12.7. The molecular weight excluding hydrogens is 359 g/mol. The van der Waals surface area contributed by atoms with Crippen molar-refractivity contribution >= 4 is 45.9 Å². The van der Waals surface area contributed by atoms with Crippen molar-refractivity contribution in [3.05, 3.63) is 63.3 Å². The van der Waals surface area contributed by atoms with Crippen molar-refractivity contribution < 1.29 is 9.59 Å². The van der Waals surface area contributed by atoms with Crippen molar-refractivity contribution in [1.82, 2.24) is 9.88 Å². The van der Waals surface area contributed by atoms with Gasteiger partial charge in [0.25, 0.3) is 11.8 Å². The Balaban J connectivity index is 1.78. The molecular formula is C19H14Cl2N2O2. The van der Waals surface area contributed by atoms with Crippen LogP contribution >= 0.6 is 23.2 Å². The monoisotopic (exact) mass is 372 g/mol. The van der Waals surface area contributed by atoms with E-state index in [2.05, 4.69) is 4.98 Å². The van der Waals surface area contributed by atoms with Gasteiger partial charge in [-0.1, -0.05) is 41.4 Å². The molecule has 0 radical (unpaired) electrons. The highest BCUT2D eigenvalue weighted by Crippen LogP contribution is 2.37. The molecule has 0 saturated heterocycles. The molecule has 1 unspecified atom stereocenters. The number of allylic oxidation sites excluding steroid dienone is 1. The van der Waals surface area contributed by atoms with Gasteiger partial charge in [0.15, 0.2) is 0 Å². The van der Waals surface area contributed by atoms with Gasteiger partial charge in [-0.3, -0.25) is 14.5 Å². The van der Waals surface area contributed by atoms with Gasteiger partial charge in [0, 0.05) is 27.1 Å². The zero-order valence-electron chi connectivity index (χ0n) is 13.4. The molecule has 2 aliphatic rings. The molecule has 1 aromatic heterocycles. The largest absolute Gasteiger partial charge is 0.269 e. The van der Waals surface area contributed by atoms with Gasteiger partial charge in [0.05, 0.1) is 11.6 Å². The number of carbonyl (C=O) groups is 2. The van der Waals surface area contributed by atoms with Crippen LogP contribution in [0.25, 0.3) is 10.9 Å². The van der Waals surface area contributed by atoms with E-state index in [4.69, 9.17) is 23.2 Å². The average Bonchev–Trinajstić information content (AvgIpc) is 2.86. The summed E-state index contributed by atoms with van der Waals surface area (Å²) in [5.74, 6) is -0.522. The van der Waals surface area contributed by atoms with Crippen LogP contribution in [0.2, 0.25) is 10.2 Å². The van der Waals surface area contributed by atoms with Crippen LogP contribution in [0, 0.1) is 0 Å². The van der Waals surface area contributed by atoms with Gasteiger partial charge in [-0.25, -0.2) is 4.98 Å². The van der Waals surface area contributed by atoms with Crippen LogP contribution in [0.4, 0.5) is 0 Å². The van der Waals surface area contributed by atoms with Crippen molar-refractivity contribution in [1.29, 1.82) is 0 Å². The number of rotatable bonds is 2. The molecule has 1 aliphatic carbocycles. The third-order valence-corrected chi connectivity index (χ3v) is 5.35. The van der Waals surface area contributed by atoms with E-state index in [1.54, 1.807) is 25.1 Å². The molecule has 0 bridgehead atoms. The van der Waals surface area contributed by atoms with Crippen LogP contribution in [0.15, 0.2) is 47.6 Å². The van der Waals surface area contributed by atoms with Crippen molar-refractivity contribution in [2.45, 2.75) is 25.8 Å². The second-order valence-electron chi connectivity index (χ2n) is 6.16. The standard InChI is InChI=1S/C19H14Cl2N2O2/c1-10(23-18(24)11-5-2-3-6-12(11)19(23)25)13-9-14-15(20)7-4-8-16(14)22-17(13)21/h2,4-5,7-10H,3,6H2,1H3. The van der Waals surface area contributed by atoms with E-state index in [0.717, 1.165) is 11.8 Å². The Morgan fingerprint density at radius 2 is 2.00 bits per heavy atom. The number of halogens is 2. The van der Waals surface area contributed by atoms with Crippen LogP contribution in [-0.4, -0.2) is 21.7 Å². The second-order valence-corrected chi connectivity index (χ2v) is 6.93. The third kappa shape index (κ3) is 2.48. The Kier molecular flexibility index (Phi) is 3.89. The SMILES string of the molecule is CC(c1cc2c(Cl)cccc2nc1Cl)N1C(=O)C2=C(CCC=C2)C1=O. The number of pyridine rings is 1. The minimum Gasteiger partial charge on any atom is -0.269 e. The van der Waals surface area contributed by atoms with E-state index in [0.29, 0.717) is 33.7 Å². The number of carbonyl (C=O) groups excluding carboxylic acids is 2. The average molecular weight is 373 g/mol. The summed E-state index contributed by atoms with van der Waals surface area (Å²) < 4.78 is 0. The van der Waals surface area contributed by atoms with Gasteiger partial charge in [-0.2, -0.15) is 0 Å². The highest BCUT2D eigenvalue weighted by atomic mass is 35.5. The summed E-state index contributed by atoms with van der Waals surface area (Å²) in [5, 5.41) is 1.56. The van der Waals surface area contributed by atoms with Gasteiger partial charge in [-0.15, -0.1) is 0 Å². The van der Waals surface area contributed by atoms with Crippen LogP contribution < -0.4 is 0 Å². The summed E-state index contributed by atoms with van der Waals surface area (Å²) in [4.78, 5) is 31.1. The van der Waals surface area contributed by atoms with Crippen molar-refractivity contribution in [3.63, 3.8) is 0 Å². The lowest BCUT2D eigenvalue weighted by molar-refractivity contribution is -0.140. The number of nitrogens with zero attached hydrogens (tertiary/aromatic N) is 2. The van der Waals surface area contributed by atoms with E-state index in [1.807, 2.05) is 18.2 Å². The van der Waals surface area contributed by atoms with Crippen molar-refractivity contribution in [3.8, 4) is 0 Å². The molecule has 2 amide bonds. The van der Waals surface area contributed by atoms with Crippen LogP contribution in [0.3, 0.4) is 0 Å². The van der Waals surface area contributed by atoms with Crippen molar-refractivity contribution in [2.24, 2.45) is 0 Å². The minimum absolute atomic E-state index is 0.243. The molecule has 4 rings (SSSR count). The predicted octanol–water partition coefficient (Wildman–Crippen LogP) is 4.62. The number of aromatic nitrogens is 1. The van der Waals surface area contributed by atoms with E-state index >= 15 is 0 Å². The summed E-state index contributed by atoms with van der Waals surface area (Å²) in [5.41, 5.74) is 2.36. The Labute approximate surface area is 154 Å². The molecule has 0 saturated carbocycles. The molecule has 25 heavy (non-hydrogen) atoms. The molecule has 0 N–H and O–H groups in total. The number of imide groups is 1. The maximum Gasteiger partial charge on any atom is 0.261 e. The minimum atomic E-state index is -0.528. The first-order valence-corrected chi connectivity index (χ1v) is 8.77. The Morgan fingerprint density at radius 1 is 1.20 bits per heavy atom. The fourth-order valence-electron chi connectivity index (χ4n) is 3.39. The Hall–Kier alpha value is -2.17. The van der Waals surface area contributed by atoms with Gasteiger partial charge in [0.2, 0.25) is 0 Å². The molecule has 0 fully saturated rings. The topological polar surface area (TPSA) is 50.3 Å². The molecule has 2 heterocycles. The predicted molar refractivity (Wildman–Crippen MR) is 97.4 cm³/mol. The number of hydrogen-bond acceptors (Lipinski definition) is 3. The zero-order chi connectivity index (χ0) is 17.7. The van der Waals surface area contributed by atoms with E-state index in [-0.39, 0.29) is 17.0 Å². The molecule has 0 spiro atoms. The first kappa shape index (κ1) is 16.3. The number of amides is 2. The molecule has 6 heteroatoms. The van der Waals surface area contributed by atoms with Crippen molar-refractivity contribution in [2.75, 3.05) is 0 Å². The van der Waals surface area contributed by atoms with Crippen LogP contribution in [0.1, 0.15) is 31.4 Å². The quantitative estimate of drug-likeness (QED) is 0.570. The smallest absolute Gasteiger partial charge is 0.261 e. The van der Waals surface area contributed by atoms with Gasteiger partial charge < -0.3 is 0 Å². The van der Waals surface area contributed by atoms with Gasteiger partial charge >= 0.3 is 0 Å². The summed E-state index contributed by atoms with van der Waals surface area (Å²) >= 11 is 12.6. The normalized spacial score (nSPS) is 18.3. The lowest BCUT2D eigenvalue weighted by Crippen LogP contribution is -2.34. The Morgan fingerprint density at radius 3 is 2.76 bits per heavy atom. The maximum absolute atomic E-state index is 12.7. The third-order valence-electron chi connectivity index (χ3n) is 4.72. The number of benzene rings is 1. The highest BCUT2D eigenvalue weighted by Gasteiger charge is 2.41. The van der Waals surface area contributed by atoms with E-state index in [1.165, 1.54) is 4.90 Å². The van der Waals surface area contributed by atoms with E-state index < -0.39 is 6.04 Å². The summed E-state index contributed by atoms with van der Waals surface area (Å²) in [7, 11) is 0. The lowest BCUT2D eigenvalue weighted by Gasteiger charge is -2.24. The summed E-state index contributed by atoms with van der Waals surface area (Å²) in [6.07, 6.45) is 5.02. The lowest BCUT2D eigenvalue weighted by atomic mass is 10.00. The van der Waals surface area contributed by atoms with Gasteiger partial charge in [-0.05, 0) is 38.0 Å². The Bertz CT molecular complexity index is 994. The fraction of sp³-hybridized carbons (Fsp3) is 0.211. The van der Waals surface area contributed by atoms with Gasteiger partial charge in [0.1, 0.15) is 5.15 Å².